The Morgan fingerprint density at radius 3 is 2.61 bits per heavy atom. The van der Waals surface area contributed by atoms with Crippen molar-refractivity contribution in [3.63, 3.8) is 0 Å². The van der Waals surface area contributed by atoms with E-state index in [1.54, 1.807) is 27.4 Å². The molecular formula is C23H27N3O5. The van der Waals surface area contributed by atoms with Gasteiger partial charge in [0.1, 0.15) is 6.04 Å². The van der Waals surface area contributed by atoms with Crippen molar-refractivity contribution in [1.82, 2.24) is 5.32 Å². The molecule has 8 nitrogen and oxygen atoms in total. The van der Waals surface area contributed by atoms with Crippen LogP contribution in [0.15, 0.2) is 36.4 Å². The van der Waals surface area contributed by atoms with Crippen LogP contribution in [0.2, 0.25) is 0 Å². The van der Waals surface area contributed by atoms with Crippen molar-refractivity contribution in [2.75, 3.05) is 38.1 Å². The standard InChI is InChI=1S/C23H27N3O5/c1-29-19-10-8-14(21(30-2)22(19)31-3)9-11-20(27)24-15-12-18-23(28)25-16-6-4-5-7-17(16)26(18)13-15/h4-8,10,15,18H,9,11-13H2,1-3H3,(H,24,27)(H,25,28). The van der Waals surface area contributed by atoms with Gasteiger partial charge >= 0.3 is 0 Å². The van der Waals surface area contributed by atoms with Crippen molar-refractivity contribution in [2.45, 2.75) is 31.3 Å². The predicted molar refractivity (Wildman–Crippen MR) is 117 cm³/mol. The second kappa shape index (κ2) is 8.75. The molecule has 2 aliphatic heterocycles. The van der Waals surface area contributed by atoms with Gasteiger partial charge in [-0.1, -0.05) is 18.2 Å². The number of hydrogen-bond donors (Lipinski definition) is 2. The zero-order valence-electron chi connectivity index (χ0n) is 17.9. The summed E-state index contributed by atoms with van der Waals surface area (Å²) in [4.78, 5) is 27.2. The molecule has 8 heteroatoms. The van der Waals surface area contributed by atoms with Crippen LogP contribution in [0.1, 0.15) is 18.4 Å². The lowest BCUT2D eigenvalue weighted by Crippen LogP contribution is -2.44. The normalized spacial score (nSPS) is 19.2. The number of benzene rings is 2. The second-order valence-electron chi connectivity index (χ2n) is 7.67. The summed E-state index contributed by atoms with van der Waals surface area (Å²) in [6, 6.07) is 11.1. The summed E-state index contributed by atoms with van der Waals surface area (Å²) < 4.78 is 16.2. The van der Waals surface area contributed by atoms with E-state index >= 15 is 0 Å². The highest BCUT2D eigenvalue weighted by atomic mass is 16.5. The third-order valence-electron chi connectivity index (χ3n) is 5.85. The molecule has 164 valence electrons. The Balaban J connectivity index is 1.39. The van der Waals surface area contributed by atoms with Crippen molar-refractivity contribution < 1.29 is 23.8 Å². The van der Waals surface area contributed by atoms with Crippen LogP contribution in [0.5, 0.6) is 17.2 Å². The van der Waals surface area contributed by atoms with E-state index in [-0.39, 0.29) is 23.9 Å². The summed E-state index contributed by atoms with van der Waals surface area (Å²) in [7, 11) is 4.69. The highest BCUT2D eigenvalue weighted by Gasteiger charge is 2.41. The van der Waals surface area contributed by atoms with Crippen LogP contribution in [-0.2, 0) is 16.0 Å². The molecule has 2 amide bonds. The highest BCUT2D eigenvalue weighted by molar-refractivity contribution is 6.04. The van der Waals surface area contributed by atoms with Gasteiger partial charge < -0.3 is 29.7 Å². The van der Waals surface area contributed by atoms with Crippen molar-refractivity contribution in [1.29, 1.82) is 0 Å². The van der Waals surface area contributed by atoms with Crippen molar-refractivity contribution in [3.8, 4) is 17.2 Å². The van der Waals surface area contributed by atoms with E-state index in [0.717, 1.165) is 16.9 Å². The summed E-state index contributed by atoms with van der Waals surface area (Å²) in [6.07, 6.45) is 1.39. The molecule has 1 saturated heterocycles. The lowest BCUT2D eigenvalue weighted by Gasteiger charge is -2.32. The van der Waals surface area contributed by atoms with Gasteiger partial charge in [0, 0.05) is 19.0 Å². The van der Waals surface area contributed by atoms with E-state index in [2.05, 4.69) is 15.5 Å². The van der Waals surface area contributed by atoms with Gasteiger partial charge in [-0.15, -0.1) is 0 Å². The predicted octanol–water partition coefficient (Wildman–Crippen LogP) is 2.36. The number of ether oxygens (including phenoxy) is 3. The van der Waals surface area contributed by atoms with E-state index in [1.165, 1.54) is 0 Å². The van der Waals surface area contributed by atoms with E-state index in [0.29, 0.717) is 43.1 Å². The smallest absolute Gasteiger partial charge is 0.247 e. The van der Waals surface area contributed by atoms with Gasteiger partial charge in [-0.2, -0.15) is 0 Å². The number of carbonyl (C=O) groups is 2. The summed E-state index contributed by atoms with van der Waals surface area (Å²) in [5.41, 5.74) is 2.68. The number of aryl methyl sites for hydroxylation is 1. The fourth-order valence-corrected chi connectivity index (χ4v) is 4.41. The first-order chi connectivity index (χ1) is 15.0. The van der Waals surface area contributed by atoms with Gasteiger partial charge in [0.05, 0.1) is 32.7 Å². The fourth-order valence-electron chi connectivity index (χ4n) is 4.41. The van der Waals surface area contributed by atoms with Crippen molar-refractivity contribution >= 4 is 23.2 Å². The van der Waals surface area contributed by atoms with Crippen LogP contribution in [0.3, 0.4) is 0 Å². The number of amides is 2. The Hall–Kier alpha value is -3.42. The summed E-state index contributed by atoms with van der Waals surface area (Å²) in [5, 5.41) is 6.04. The summed E-state index contributed by atoms with van der Waals surface area (Å²) in [6.45, 7) is 0.612. The number of hydrogen-bond acceptors (Lipinski definition) is 6. The van der Waals surface area contributed by atoms with E-state index < -0.39 is 0 Å². The van der Waals surface area contributed by atoms with Crippen molar-refractivity contribution in [2.24, 2.45) is 0 Å². The molecule has 0 radical (unpaired) electrons. The van der Waals surface area contributed by atoms with E-state index in [1.807, 2.05) is 30.3 Å². The van der Waals surface area contributed by atoms with Gasteiger partial charge in [-0.05, 0) is 36.6 Å². The molecule has 2 N–H and O–H groups in total. The number of methoxy groups -OCH3 is 3. The Kier molecular flexibility index (Phi) is 5.88. The number of rotatable bonds is 7. The number of fused-ring (bicyclic) bond motifs is 3. The Morgan fingerprint density at radius 1 is 1.10 bits per heavy atom. The second-order valence-corrected chi connectivity index (χ2v) is 7.67. The molecule has 4 rings (SSSR count). The van der Waals surface area contributed by atoms with Gasteiger partial charge in [0.15, 0.2) is 11.5 Å². The number of nitrogens with zero attached hydrogens (tertiary/aromatic N) is 1. The van der Waals surface area contributed by atoms with Crippen LogP contribution in [0.4, 0.5) is 11.4 Å². The minimum absolute atomic E-state index is 0.0227. The van der Waals surface area contributed by atoms with Crippen LogP contribution in [-0.4, -0.2) is 51.8 Å². The maximum absolute atomic E-state index is 12.7. The lowest BCUT2D eigenvalue weighted by molar-refractivity contribution is -0.122. The number of nitrogens with one attached hydrogen (secondary N) is 2. The Bertz CT molecular complexity index is 993. The summed E-state index contributed by atoms with van der Waals surface area (Å²) in [5.74, 6) is 1.58. The SMILES string of the molecule is COc1ccc(CCC(=O)NC2CC3C(=O)Nc4ccccc4N3C2)c(OC)c1OC. The van der Waals surface area contributed by atoms with Gasteiger partial charge in [0.2, 0.25) is 17.6 Å². The molecule has 31 heavy (non-hydrogen) atoms. The molecule has 2 atom stereocenters. The number of carbonyl (C=O) groups excluding carboxylic acids is 2. The maximum Gasteiger partial charge on any atom is 0.247 e. The Labute approximate surface area is 181 Å². The molecule has 2 aromatic rings. The molecule has 2 unspecified atom stereocenters. The van der Waals surface area contributed by atoms with Crippen LogP contribution < -0.4 is 29.7 Å². The molecule has 2 aliphatic rings. The first-order valence-electron chi connectivity index (χ1n) is 10.3. The third-order valence-corrected chi connectivity index (χ3v) is 5.85. The van der Waals surface area contributed by atoms with Gasteiger partial charge in [-0.25, -0.2) is 0 Å². The average Bonchev–Trinajstić information content (AvgIpc) is 3.21. The first-order valence-corrected chi connectivity index (χ1v) is 10.3. The zero-order valence-corrected chi connectivity index (χ0v) is 17.9. The van der Waals surface area contributed by atoms with Crippen molar-refractivity contribution in [3.05, 3.63) is 42.0 Å². The molecule has 2 heterocycles. The molecule has 0 saturated carbocycles. The summed E-state index contributed by atoms with van der Waals surface area (Å²) >= 11 is 0. The minimum atomic E-state index is -0.258. The highest BCUT2D eigenvalue weighted by Crippen LogP contribution is 2.40. The van der Waals surface area contributed by atoms with E-state index in [9.17, 15) is 9.59 Å². The topological polar surface area (TPSA) is 89.1 Å². The number of para-hydroxylation sites is 2. The van der Waals surface area contributed by atoms with Crippen LogP contribution >= 0.6 is 0 Å². The molecular weight excluding hydrogens is 398 g/mol. The first kappa shape index (κ1) is 20.8. The molecule has 0 aromatic heterocycles. The van der Waals surface area contributed by atoms with Crippen LogP contribution in [0, 0.1) is 0 Å². The fraction of sp³-hybridized carbons (Fsp3) is 0.391. The lowest BCUT2D eigenvalue weighted by atomic mass is 10.1. The third kappa shape index (κ3) is 3.97. The van der Waals surface area contributed by atoms with E-state index in [4.69, 9.17) is 14.2 Å². The maximum atomic E-state index is 12.7. The largest absolute Gasteiger partial charge is 0.493 e. The average molecular weight is 425 g/mol. The minimum Gasteiger partial charge on any atom is -0.493 e. The molecule has 0 spiro atoms. The Morgan fingerprint density at radius 2 is 1.87 bits per heavy atom. The van der Waals surface area contributed by atoms with Gasteiger partial charge in [-0.3, -0.25) is 9.59 Å². The van der Waals surface area contributed by atoms with Crippen LogP contribution in [0.25, 0.3) is 0 Å². The molecule has 0 bridgehead atoms. The molecule has 1 fully saturated rings. The molecule has 0 aliphatic carbocycles. The monoisotopic (exact) mass is 425 g/mol. The zero-order chi connectivity index (χ0) is 22.0. The van der Waals surface area contributed by atoms with Gasteiger partial charge in [0.25, 0.3) is 0 Å². The number of anilines is 2. The molecule has 2 aromatic carbocycles. The quantitative estimate of drug-likeness (QED) is 0.708.